The molecule has 0 radical (unpaired) electrons. The van der Waals surface area contributed by atoms with E-state index >= 15 is 0 Å². The molecule has 0 N–H and O–H groups in total. The third kappa shape index (κ3) is 2.92. The second-order valence-electron chi connectivity index (χ2n) is 6.03. The largest absolute Gasteiger partial charge is 0.497 e. The van der Waals surface area contributed by atoms with Crippen molar-refractivity contribution in [3.8, 4) is 5.75 Å². The summed E-state index contributed by atoms with van der Waals surface area (Å²) in [7, 11) is 1.24. The molecule has 6 heteroatoms. The number of methoxy groups -OCH3 is 1. The zero-order valence-corrected chi connectivity index (χ0v) is 15.0. The van der Waals surface area contributed by atoms with Crippen molar-refractivity contribution in [3.63, 3.8) is 0 Å². The van der Waals surface area contributed by atoms with E-state index in [0.717, 1.165) is 23.3 Å². The van der Waals surface area contributed by atoms with Crippen LogP contribution in [0.25, 0.3) is 0 Å². The number of rotatable bonds is 4. The van der Waals surface area contributed by atoms with E-state index in [1.165, 1.54) is 9.87 Å². The normalized spacial score (nSPS) is 18.4. The third-order valence-electron chi connectivity index (χ3n) is 4.43. The lowest BCUT2D eigenvalue weighted by Gasteiger charge is -2.38. The highest BCUT2D eigenvalue weighted by molar-refractivity contribution is 7.86. The summed E-state index contributed by atoms with van der Waals surface area (Å²) in [5.74, 6) is 0.755. The molecule has 1 unspecified atom stereocenters. The lowest BCUT2D eigenvalue weighted by molar-refractivity contribution is 0.319. The fraction of sp³-hybridized carbons (Fsp3) is 0.333. The van der Waals surface area contributed by atoms with Crippen LogP contribution in [0.1, 0.15) is 22.7 Å². The van der Waals surface area contributed by atoms with Crippen LogP contribution in [0.15, 0.2) is 48.5 Å². The van der Waals surface area contributed by atoms with Crippen LogP contribution >= 0.6 is 0 Å². The molecular weight excluding hydrogens is 324 g/mol. The van der Waals surface area contributed by atoms with Crippen molar-refractivity contribution >= 4 is 10.2 Å². The molecule has 3 rings (SSSR count). The van der Waals surface area contributed by atoms with Gasteiger partial charge < -0.3 is 4.74 Å². The Morgan fingerprint density at radius 1 is 1.08 bits per heavy atom. The summed E-state index contributed by atoms with van der Waals surface area (Å²) >= 11 is 0. The average Bonchev–Trinajstić information content (AvgIpc) is 2.60. The van der Waals surface area contributed by atoms with Crippen LogP contribution in [0.3, 0.4) is 0 Å². The molecule has 0 bridgehead atoms. The van der Waals surface area contributed by atoms with Crippen LogP contribution in [0.4, 0.5) is 0 Å². The molecule has 24 heavy (non-hydrogen) atoms. The van der Waals surface area contributed by atoms with Gasteiger partial charge in [-0.2, -0.15) is 17.0 Å². The SMILES string of the molecule is COc1ccc(C2c3ccccc3CCN2S(=O)(=O)N(C)C)cc1. The van der Waals surface area contributed by atoms with E-state index in [1.54, 1.807) is 25.5 Å². The smallest absolute Gasteiger partial charge is 0.282 e. The summed E-state index contributed by atoms with van der Waals surface area (Å²) in [5, 5.41) is 0. The van der Waals surface area contributed by atoms with E-state index in [1.807, 2.05) is 42.5 Å². The van der Waals surface area contributed by atoms with Crippen molar-refractivity contribution in [2.24, 2.45) is 0 Å². The van der Waals surface area contributed by atoms with Crippen LogP contribution in [0, 0.1) is 0 Å². The molecule has 2 aromatic rings. The highest BCUT2D eigenvalue weighted by Crippen LogP contribution is 2.37. The first-order chi connectivity index (χ1) is 11.4. The molecule has 1 aliphatic rings. The first-order valence-corrected chi connectivity index (χ1v) is 9.26. The molecular formula is C18H22N2O3S. The van der Waals surface area contributed by atoms with Gasteiger partial charge >= 0.3 is 0 Å². The van der Waals surface area contributed by atoms with E-state index in [4.69, 9.17) is 4.74 Å². The minimum Gasteiger partial charge on any atom is -0.497 e. The van der Waals surface area contributed by atoms with E-state index < -0.39 is 10.2 Å². The van der Waals surface area contributed by atoms with Crippen molar-refractivity contribution in [2.45, 2.75) is 12.5 Å². The van der Waals surface area contributed by atoms with Gasteiger partial charge in [0, 0.05) is 20.6 Å². The minimum absolute atomic E-state index is 0.326. The summed E-state index contributed by atoms with van der Waals surface area (Å²) in [4.78, 5) is 0. The van der Waals surface area contributed by atoms with Gasteiger partial charge in [-0.05, 0) is 35.2 Å². The van der Waals surface area contributed by atoms with Crippen LogP contribution < -0.4 is 4.74 Å². The van der Waals surface area contributed by atoms with Gasteiger partial charge in [0.2, 0.25) is 0 Å². The minimum atomic E-state index is -3.52. The van der Waals surface area contributed by atoms with E-state index in [0.29, 0.717) is 6.54 Å². The maximum Gasteiger partial charge on any atom is 0.282 e. The Balaban J connectivity index is 2.13. The molecule has 5 nitrogen and oxygen atoms in total. The Morgan fingerprint density at radius 2 is 1.75 bits per heavy atom. The monoisotopic (exact) mass is 346 g/mol. The first-order valence-electron chi connectivity index (χ1n) is 7.86. The van der Waals surface area contributed by atoms with Gasteiger partial charge in [0.15, 0.2) is 0 Å². The van der Waals surface area contributed by atoms with Gasteiger partial charge in [0.1, 0.15) is 5.75 Å². The van der Waals surface area contributed by atoms with Crippen molar-refractivity contribution in [2.75, 3.05) is 27.7 Å². The Labute approximate surface area is 143 Å². The maximum absolute atomic E-state index is 12.8. The van der Waals surface area contributed by atoms with Gasteiger partial charge in [-0.15, -0.1) is 0 Å². The Bertz CT molecular complexity index is 816. The van der Waals surface area contributed by atoms with Crippen LogP contribution in [0.5, 0.6) is 5.75 Å². The van der Waals surface area contributed by atoms with Crippen molar-refractivity contribution in [1.82, 2.24) is 8.61 Å². The molecule has 1 heterocycles. The molecule has 0 saturated carbocycles. The molecule has 2 aromatic carbocycles. The van der Waals surface area contributed by atoms with Crippen LogP contribution in [-0.2, 0) is 16.6 Å². The predicted octanol–water partition coefficient (Wildman–Crippen LogP) is 2.45. The number of ether oxygens (including phenoxy) is 1. The number of fused-ring (bicyclic) bond motifs is 1. The van der Waals surface area contributed by atoms with Gasteiger partial charge in [-0.1, -0.05) is 36.4 Å². The topological polar surface area (TPSA) is 49.9 Å². The lowest BCUT2D eigenvalue weighted by Crippen LogP contribution is -2.45. The number of hydrogen-bond acceptors (Lipinski definition) is 3. The number of hydrogen-bond donors (Lipinski definition) is 0. The third-order valence-corrected chi connectivity index (χ3v) is 6.34. The summed E-state index contributed by atoms with van der Waals surface area (Å²) < 4.78 is 33.7. The van der Waals surface area contributed by atoms with Crippen LogP contribution in [-0.4, -0.2) is 44.8 Å². The summed E-state index contributed by atoms with van der Waals surface area (Å²) in [6.07, 6.45) is 0.718. The second kappa shape index (κ2) is 6.55. The zero-order valence-electron chi connectivity index (χ0n) is 14.1. The number of nitrogens with zero attached hydrogens (tertiary/aromatic N) is 2. The second-order valence-corrected chi connectivity index (χ2v) is 8.12. The maximum atomic E-state index is 12.8. The molecule has 0 spiro atoms. The van der Waals surface area contributed by atoms with Crippen molar-refractivity contribution in [1.29, 1.82) is 0 Å². The summed E-state index contributed by atoms with van der Waals surface area (Å²) in [6, 6.07) is 15.3. The fourth-order valence-corrected chi connectivity index (χ4v) is 4.38. The van der Waals surface area contributed by atoms with Crippen molar-refractivity contribution < 1.29 is 13.2 Å². The molecule has 0 aromatic heterocycles. The predicted molar refractivity (Wildman–Crippen MR) is 94.3 cm³/mol. The molecule has 0 amide bonds. The average molecular weight is 346 g/mol. The Morgan fingerprint density at radius 3 is 2.38 bits per heavy atom. The standard InChI is InChI=1S/C18H22N2O3S/c1-19(2)24(21,22)20-13-12-14-6-4-5-7-17(14)18(20)15-8-10-16(23-3)11-9-15/h4-11,18H,12-13H2,1-3H3. The molecule has 128 valence electrons. The molecule has 1 aliphatic heterocycles. The van der Waals surface area contributed by atoms with Crippen molar-refractivity contribution in [3.05, 3.63) is 65.2 Å². The summed E-state index contributed by atoms with van der Waals surface area (Å²) in [5.41, 5.74) is 3.18. The number of benzene rings is 2. The highest BCUT2D eigenvalue weighted by atomic mass is 32.2. The van der Waals surface area contributed by atoms with E-state index in [2.05, 4.69) is 6.07 Å². The van der Waals surface area contributed by atoms with Crippen LogP contribution in [0.2, 0.25) is 0 Å². The van der Waals surface area contributed by atoms with E-state index in [9.17, 15) is 8.42 Å². The van der Waals surface area contributed by atoms with Gasteiger partial charge in [-0.25, -0.2) is 0 Å². The quantitative estimate of drug-likeness (QED) is 0.854. The molecule has 0 saturated heterocycles. The van der Waals surface area contributed by atoms with E-state index in [-0.39, 0.29) is 6.04 Å². The summed E-state index contributed by atoms with van der Waals surface area (Å²) in [6.45, 7) is 0.466. The Hall–Kier alpha value is -1.89. The highest BCUT2D eigenvalue weighted by Gasteiger charge is 2.37. The first kappa shape index (κ1) is 17.0. The molecule has 0 fully saturated rings. The van der Waals surface area contributed by atoms with Gasteiger partial charge in [0.25, 0.3) is 10.2 Å². The zero-order chi connectivity index (χ0) is 17.3. The molecule has 0 aliphatic carbocycles. The lowest BCUT2D eigenvalue weighted by atomic mass is 9.90. The molecule has 1 atom stereocenters. The Kier molecular flexibility index (Phi) is 4.62. The van der Waals surface area contributed by atoms with Gasteiger partial charge in [-0.3, -0.25) is 0 Å². The van der Waals surface area contributed by atoms with Gasteiger partial charge in [0.05, 0.1) is 13.2 Å². The fourth-order valence-electron chi connectivity index (χ4n) is 3.13.